The molecule has 0 unspecified atom stereocenters. The molecule has 3 heteroatoms. The lowest BCUT2D eigenvalue weighted by molar-refractivity contribution is 0.290. The van der Waals surface area contributed by atoms with Crippen LogP contribution in [0.5, 0.6) is 0 Å². The van der Waals surface area contributed by atoms with Gasteiger partial charge in [-0.1, -0.05) is 0 Å². The molecule has 3 nitrogen and oxygen atoms in total. The van der Waals surface area contributed by atoms with E-state index in [9.17, 15) is 0 Å². The standard InChI is InChI=1S/C12H20N2O/c1-14(10-12-4-2-9-15-12)8-3-7-13-11-5-6-11/h2,4,9,11,13H,3,5-8,10H2,1H3. The Morgan fingerprint density at radius 2 is 2.40 bits per heavy atom. The van der Waals surface area contributed by atoms with Crippen molar-refractivity contribution in [3.05, 3.63) is 24.2 Å². The van der Waals surface area contributed by atoms with E-state index in [1.165, 1.54) is 19.3 Å². The minimum absolute atomic E-state index is 0.834. The number of rotatable bonds is 7. The maximum absolute atomic E-state index is 5.30. The molecule has 84 valence electrons. The van der Waals surface area contributed by atoms with Crippen LogP contribution in [-0.4, -0.2) is 31.1 Å². The van der Waals surface area contributed by atoms with Crippen LogP contribution in [0.1, 0.15) is 25.0 Å². The van der Waals surface area contributed by atoms with Crippen molar-refractivity contribution < 1.29 is 4.42 Å². The molecule has 0 radical (unpaired) electrons. The van der Waals surface area contributed by atoms with Crippen LogP contribution in [0, 0.1) is 0 Å². The molecule has 1 aliphatic rings. The molecule has 0 saturated heterocycles. The molecule has 0 bridgehead atoms. The average molecular weight is 208 g/mol. The molecule has 15 heavy (non-hydrogen) atoms. The number of hydrogen-bond acceptors (Lipinski definition) is 3. The molecule has 1 saturated carbocycles. The molecule has 0 spiro atoms. The molecule has 1 aliphatic carbocycles. The van der Waals surface area contributed by atoms with Gasteiger partial charge in [0.2, 0.25) is 0 Å². The maximum Gasteiger partial charge on any atom is 0.117 e. The maximum atomic E-state index is 5.30. The molecular formula is C12H20N2O. The first-order valence-corrected chi connectivity index (χ1v) is 5.79. The Hall–Kier alpha value is -0.800. The summed E-state index contributed by atoms with van der Waals surface area (Å²) in [5, 5.41) is 3.52. The highest BCUT2D eigenvalue weighted by molar-refractivity contribution is 4.97. The largest absolute Gasteiger partial charge is 0.468 e. The molecule has 0 atom stereocenters. The van der Waals surface area contributed by atoms with Gasteiger partial charge in [-0.2, -0.15) is 0 Å². The summed E-state index contributed by atoms with van der Waals surface area (Å²) < 4.78 is 5.30. The van der Waals surface area contributed by atoms with E-state index in [0.717, 1.165) is 31.4 Å². The van der Waals surface area contributed by atoms with Crippen molar-refractivity contribution in [1.29, 1.82) is 0 Å². The Bertz CT molecular complexity index is 267. The van der Waals surface area contributed by atoms with Crippen LogP contribution in [0.3, 0.4) is 0 Å². The van der Waals surface area contributed by atoms with E-state index in [2.05, 4.69) is 17.3 Å². The number of hydrogen-bond donors (Lipinski definition) is 1. The number of nitrogens with one attached hydrogen (secondary N) is 1. The van der Waals surface area contributed by atoms with Crippen LogP contribution in [0.25, 0.3) is 0 Å². The minimum atomic E-state index is 0.834. The van der Waals surface area contributed by atoms with E-state index in [4.69, 9.17) is 4.42 Å². The topological polar surface area (TPSA) is 28.4 Å². The molecule has 1 N–H and O–H groups in total. The van der Waals surface area contributed by atoms with Crippen LogP contribution >= 0.6 is 0 Å². The number of furan rings is 1. The van der Waals surface area contributed by atoms with E-state index in [-0.39, 0.29) is 0 Å². The van der Waals surface area contributed by atoms with Crippen molar-refractivity contribution in [3.63, 3.8) is 0 Å². The van der Waals surface area contributed by atoms with Gasteiger partial charge >= 0.3 is 0 Å². The lowest BCUT2D eigenvalue weighted by atomic mass is 10.3. The van der Waals surface area contributed by atoms with Crippen molar-refractivity contribution in [2.45, 2.75) is 31.8 Å². The minimum Gasteiger partial charge on any atom is -0.468 e. The van der Waals surface area contributed by atoms with Crippen LogP contribution in [-0.2, 0) is 6.54 Å². The first-order valence-electron chi connectivity index (χ1n) is 5.79. The lowest BCUT2D eigenvalue weighted by Gasteiger charge is -2.14. The SMILES string of the molecule is CN(CCCNC1CC1)Cc1ccco1. The second-order valence-corrected chi connectivity index (χ2v) is 4.40. The smallest absolute Gasteiger partial charge is 0.117 e. The first-order chi connectivity index (χ1) is 7.34. The normalized spacial score (nSPS) is 16.1. The third-order valence-corrected chi connectivity index (χ3v) is 2.73. The summed E-state index contributed by atoms with van der Waals surface area (Å²) in [4.78, 5) is 2.30. The van der Waals surface area contributed by atoms with Crippen LogP contribution in [0.4, 0.5) is 0 Å². The average Bonchev–Trinajstić information content (AvgIpc) is 2.91. The van der Waals surface area contributed by atoms with Crippen molar-refractivity contribution in [2.24, 2.45) is 0 Å². The van der Waals surface area contributed by atoms with Gasteiger partial charge in [-0.05, 0) is 51.5 Å². The molecule has 1 heterocycles. The summed E-state index contributed by atoms with van der Waals surface area (Å²) in [7, 11) is 2.14. The molecular weight excluding hydrogens is 188 g/mol. The summed E-state index contributed by atoms with van der Waals surface area (Å²) >= 11 is 0. The van der Waals surface area contributed by atoms with E-state index in [1.54, 1.807) is 6.26 Å². The van der Waals surface area contributed by atoms with E-state index >= 15 is 0 Å². The zero-order chi connectivity index (χ0) is 10.5. The zero-order valence-corrected chi connectivity index (χ0v) is 9.41. The predicted molar refractivity (Wildman–Crippen MR) is 60.7 cm³/mol. The Labute approximate surface area is 91.4 Å². The monoisotopic (exact) mass is 208 g/mol. The van der Waals surface area contributed by atoms with Gasteiger partial charge in [0.05, 0.1) is 12.8 Å². The van der Waals surface area contributed by atoms with E-state index < -0.39 is 0 Å². The highest BCUT2D eigenvalue weighted by Gasteiger charge is 2.19. The third-order valence-electron chi connectivity index (χ3n) is 2.73. The Morgan fingerprint density at radius 3 is 3.07 bits per heavy atom. The van der Waals surface area contributed by atoms with E-state index in [0.29, 0.717) is 0 Å². The van der Waals surface area contributed by atoms with Crippen molar-refractivity contribution in [1.82, 2.24) is 10.2 Å². The molecule has 0 aliphatic heterocycles. The molecule has 0 aromatic carbocycles. The van der Waals surface area contributed by atoms with Crippen LogP contribution in [0.2, 0.25) is 0 Å². The van der Waals surface area contributed by atoms with Gasteiger partial charge in [-0.25, -0.2) is 0 Å². The summed E-state index contributed by atoms with van der Waals surface area (Å²) in [5.41, 5.74) is 0. The molecule has 1 fully saturated rings. The predicted octanol–water partition coefficient (Wildman–Crippen LogP) is 1.85. The van der Waals surface area contributed by atoms with Gasteiger partial charge in [-0.3, -0.25) is 4.90 Å². The lowest BCUT2D eigenvalue weighted by Crippen LogP contribution is -2.24. The molecule has 2 rings (SSSR count). The second-order valence-electron chi connectivity index (χ2n) is 4.40. The highest BCUT2D eigenvalue weighted by Crippen LogP contribution is 2.18. The first kappa shape index (κ1) is 10.7. The van der Waals surface area contributed by atoms with Crippen molar-refractivity contribution in [2.75, 3.05) is 20.1 Å². The van der Waals surface area contributed by atoms with Gasteiger partial charge < -0.3 is 9.73 Å². The fourth-order valence-electron chi connectivity index (χ4n) is 1.69. The number of nitrogens with zero attached hydrogens (tertiary/aromatic N) is 1. The zero-order valence-electron chi connectivity index (χ0n) is 9.41. The van der Waals surface area contributed by atoms with Gasteiger partial charge in [0.25, 0.3) is 0 Å². The van der Waals surface area contributed by atoms with Crippen molar-refractivity contribution in [3.8, 4) is 0 Å². The second kappa shape index (κ2) is 5.33. The van der Waals surface area contributed by atoms with Crippen molar-refractivity contribution >= 4 is 0 Å². The van der Waals surface area contributed by atoms with Gasteiger partial charge in [0, 0.05) is 6.04 Å². The van der Waals surface area contributed by atoms with E-state index in [1.807, 2.05) is 12.1 Å². The summed E-state index contributed by atoms with van der Waals surface area (Å²) in [6.45, 7) is 3.18. The summed E-state index contributed by atoms with van der Waals surface area (Å²) in [6.07, 6.45) is 5.70. The molecule has 1 aromatic rings. The third kappa shape index (κ3) is 4.06. The Balaban J connectivity index is 1.53. The molecule has 0 amide bonds. The van der Waals surface area contributed by atoms with Gasteiger partial charge in [0.15, 0.2) is 0 Å². The Morgan fingerprint density at radius 1 is 1.53 bits per heavy atom. The van der Waals surface area contributed by atoms with Crippen LogP contribution < -0.4 is 5.32 Å². The van der Waals surface area contributed by atoms with Crippen LogP contribution in [0.15, 0.2) is 22.8 Å². The van der Waals surface area contributed by atoms with Gasteiger partial charge in [-0.15, -0.1) is 0 Å². The summed E-state index contributed by atoms with van der Waals surface area (Å²) in [5.74, 6) is 1.05. The highest BCUT2D eigenvalue weighted by atomic mass is 16.3. The van der Waals surface area contributed by atoms with Gasteiger partial charge in [0.1, 0.15) is 5.76 Å². The summed E-state index contributed by atoms with van der Waals surface area (Å²) in [6, 6.07) is 4.80. The quantitative estimate of drug-likeness (QED) is 0.693. The molecule has 1 aromatic heterocycles. The Kier molecular flexibility index (Phi) is 3.80. The fourth-order valence-corrected chi connectivity index (χ4v) is 1.69. The fraction of sp³-hybridized carbons (Fsp3) is 0.667.